The molecule has 0 saturated heterocycles. The second-order valence-electron chi connectivity index (χ2n) is 2.61. The van der Waals surface area contributed by atoms with Crippen molar-refractivity contribution in [3.05, 3.63) is 32.8 Å². The standard InChI is InChI=1S/C8H6N2O3S/c1-13-10(12)6-4-9-5-2-3-14-8(5)7(6)11/h2-4H,1H3/p+1. The highest BCUT2D eigenvalue weighted by Crippen LogP contribution is 2.17. The van der Waals surface area contributed by atoms with E-state index in [1.807, 2.05) is 0 Å². The molecular formula is C8H7N2O3S+. The third kappa shape index (κ3) is 1.20. The van der Waals surface area contributed by atoms with Crippen LogP contribution in [0.15, 0.2) is 22.4 Å². The molecule has 2 aromatic heterocycles. The summed E-state index contributed by atoms with van der Waals surface area (Å²) in [4.78, 5) is 30.2. The van der Waals surface area contributed by atoms with Crippen molar-refractivity contribution in [1.82, 2.24) is 4.98 Å². The van der Waals surface area contributed by atoms with Gasteiger partial charge in [0, 0.05) is 0 Å². The van der Waals surface area contributed by atoms with Gasteiger partial charge >= 0.3 is 5.69 Å². The number of nitrogens with zero attached hydrogens (tertiary/aromatic N) is 1. The molecule has 0 spiro atoms. The van der Waals surface area contributed by atoms with E-state index in [9.17, 15) is 9.70 Å². The Hall–Kier alpha value is -1.69. The Labute approximate surface area is 82.5 Å². The Kier molecular flexibility index (Phi) is 2.05. The lowest BCUT2D eigenvalue weighted by molar-refractivity contribution is -0.737. The van der Waals surface area contributed by atoms with E-state index in [1.165, 1.54) is 24.6 Å². The maximum atomic E-state index is 11.7. The number of rotatable bonds is 2. The first-order chi connectivity index (χ1) is 6.74. The Morgan fingerprint density at radius 3 is 3.07 bits per heavy atom. The molecule has 0 aromatic carbocycles. The zero-order valence-corrected chi connectivity index (χ0v) is 8.13. The number of fused-ring (bicyclic) bond motifs is 1. The van der Waals surface area contributed by atoms with Crippen LogP contribution in [0, 0.1) is 4.91 Å². The molecule has 6 heteroatoms. The SMILES string of the molecule is CO[N+](=O)c1c[nH]c2ccsc2c1=O. The summed E-state index contributed by atoms with van der Waals surface area (Å²) in [5.41, 5.74) is 0.376. The average molecular weight is 211 g/mol. The quantitative estimate of drug-likeness (QED) is 0.767. The molecule has 0 saturated carbocycles. The zero-order valence-electron chi connectivity index (χ0n) is 7.31. The van der Waals surface area contributed by atoms with Gasteiger partial charge in [-0.1, -0.05) is 0 Å². The third-order valence-corrected chi connectivity index (χ3v) is 2.74. The van der Waals surface area contributed by atoms with Crippen LogP contribution in [0.1, 0.15) is 0 Å². The van der Waals surface area contributed by atoms with Gasteiger partial charge in [0.2, 0.25) is 0 Å². The molecule has 2 rings (SSSR count). The number of aromatic nitrogens is 1. The Morgan fingerprint density at radius 2 is 2.36 bits per heavy atom. The lowest BCUT2D eigenvalue weighted by atomic mass is 10.3. The van der Waals surface area contributed by atoms with Gasteiger partial charge in [0.25, 0.3) is 10.4 Å². The minimum atomic E-state index is -0.314. The molecule has 0 unspecified atom stereocenters. The van der Waals surface area contributed by atoms with E-state index in [0.29, 0.717) is 4.70 Å². The van der Waals surface area contributed by atoms with Crippen molar-refractivity contribution in [2.45, 2.75) is 0 Å². The van der Waals surface area contributed by atoms with Crippen molar-refractivity contribution in [2.75, 3.05) is 7.11 Å². The van der Waals surface area contributed by atoms with Crippen LogP contribution < -0.4 is 5.43 Å². The molecule has 0 aliphatic carbocycles. The van der Waals surface area contributed by atoms with Gasteiger partial charge in [0.1, 0.15) is 4.70 Å². The predicted molar refractivity (Wildman–Crippen MR) is 52.7 cm³/mol. The van der Waals surface area contributed by atoms with Gasteiger partial charge in [-0.3, -0.25) is 4.79 Å². The van der Waals surface area contributed by atoms with Crippen LogP contribution in [0.4, 0.5) is 5.69 Å². The first kappa shape index (κ1) is 8.89. The number of H-pyrrole nitrogens is 1. The molecule has 0 amide bonds. The monoisotopic (exact) mass is 211 g/mol. The largest absolute Gasteiger partial charge is 0.380 e. The number of hydrogen-bond donors (Lipinski definition) is 1. The molecule has 2 aromatic rings. The topological polar surface area (TPSA) is 62.2 Å². The molecule has 72 valence electrons. The van der Waals surface area contributed by atoms with Crippen LogP contribution in [0.25, 0.3) is 10.2 Å². The average Bonchev–Trinajstić information content (AvgIpc) is 2.66. The summed E-state index contributed by atoms with van der Waals surface area (Å²) in [5.74, 6) is 0. The molecule has 5 nitrogen and oxygen atoms in total. The van der Waals surface area contributed by atoms with Crippen LogP contribution in [-0.4, -0.2) is 17.0 Å². The molecule has 0 aliphatic heterocycles. The van der Waals surface area contributed by atoms with Crippen LogP contribution in [0.2, 0.25) is 0 Å². The van der Waals surface area contributed by atoms with E-state index < -0.39 is 0 Å². The van der Waals surface area contributed by atoms with Crippen molar-refractivity contribution >= 4 is 27.2 Å². The molecule has 0 atom stereocenters. The summed E-state index contributed by atoms with van der Waals surface area (Å²) in [5, 5.41) is 1.79. The predicted octanol–water partition coefficient (Wildman–Crippen LogP) is 1.56. The minimum absolute atomic E-state index is 0.0394. The summed E-state index contributed by atoms with van der Waals surface area (Å²) >= 11 is 1.29. The van der Waals surface area contributed by atoms with E-state index in [0.717, 1.165) is 5.52 Å². The van der Waals surface area contributed by atoms with Crippen molar-refractivity contribution in [2.24, 2.45) is 0 Å². The van der Waals surface area contributed by atoms with E-state index in [-0.39, 0.29) is 16.0 Å². The molecule has 1 N–H and O–H groups in total. The van der Waals surface area contributed by atoms with Crippen molar-refractivity contribution in [3.63, 3.8) is 0 Å². The van der Waals surface area contributed by atoms with Crippen LogP contribution in [0.3, 0.4) is 0 Å². The fourth-order valence-corrected chi connectivity index (χ4v) is 1.97. The maximum absolute atomic E-state index is 11.7. The van der Waals surface area contributed by atoms with E-state index in [2.05, 4.69) is 9.82 Å². The smallest absolute Gasteiger partial charge is 0.354 e. The summed E-state index contributed by atoms with van der Waals surface area (Å²) in [6.07, 6.45) is 1.34. The fraction of sp³-hybridized carbons (Fsp3) is 0.125. The number of pyridine rings is 1. The van der Waals surface area contributed by atoms with Crippen molar-refractivity contribution in [1.29, 1.82) is 0 Å². The Balaban J connectivity index is 2.74. The van der Waals surface area contributed by atoms with Crippen LogP contribution in [0.5, 0.6) is 0 Å². The molecule has 0 fully saturated rings. The summed E-state index contributed by atoms with van der Waals surface area (Å²) in [6, 6.07) is 1.78. The van der Waals surface area contributed by atoms with Crippen molar-refractivity contribution in [3.8, 4) is 0 Å². The maximum Gasteiger partial charge on any atom is 0.380 e. The van der Waals surface area contributed by atoms with E-state index in [4.69, 9.17) is 0 Å². The highest BCUT2D eigenvalue weighted by atomic mass is 32.1. The van der Waals surface area contributed by atoms with Crippen molar-refractivity contribution < 1.29 is 9.76 Å². The number of thiophene rings is 1. The van der Waals surface area contributed by atoms with E-state index in [1.54, 1.807) is 11.4 Å². The first-order valence-electron chi connectivity index (χ1n) is 3.84. The molecule has 14 heavy (non-hydrogen) atoms. The molecule has 2 heterocycles. The third-order valence-electron chi connectivity index (χ3n) is 1.83. The van der Waals surface area contributed by atoms with Crippen LogP contribution in [-0.2, 0) is 4.84 Å². The lowest BCUT2D eigenvalue weighted by Crippen LogP contribution is -2.11. The van der Waals surface area contributed by atoms with Crippen LogP contribution >= 0.6 is 11.3 Å². The van der Waals surface area contributed by atoms with E-state index >= 15 is 0 Å². The Bertz CT molecular complexity index is 543. The second kappa shape index (κ2) is 3.22. The number of aromatic amines is 1. The van der Waals surface area contributed by atoms with Gasteiger partial charge in [0.05, 0.1) is 16.6 Å². The lowest BCUT2D eigenvalue weighted by Gasteiger charge is -1.89. The van der Waals surface area contributed by atoms with Gasteiger partial charge in [-0.25, -0.2) is 4.84 Å². The van der Waals surface area contributed by atoms with Gasteiger partial charge < -0.3 is 4.98 Å². The summed E-state index contributed by atoms with van der Waals surface area (Å²) in [6.45, 7) is 0. The number of hydrogen-bond acceptors (Lipinski definition) is 4. The summed E-state index contributed by atoms with van der Waals surface area (Å²) in [7, 11) is 1.21. The van der Waals surface area contributed by atoms with Gasteiger partial charge in [-0.05, 0) is 11.4 Å². The van der Waals surface area contributed by atoms with Gasteiger partial charge in [-0.2, -0.15) is 0 Å². The first-order valence-corrected chi connectivity index (χ1v) is 4.72. The normalized spacial score (nSPS) is 10.4. The van der Waals surface area contributed by atoms with Gasteiger partial charge in [0.15, 0.2) is 7.11 Å². The highest BCUT2D eigenvalue weighted by molar-refractivity contribution is 7.17. The van der Waals surface area contributed by atoms with Gasteiger partial charge in [-0.15, -0.1) is 11.3 Å². The molecular weight excluding hydrogens is 204 g/mol. The number of nitrogens with one attached hydrogen (secondary N) is 1. The Morgan fingerprint density at radius 1 is 1.57 bits per heavy atom. The molecule has 0 aliphatic rings. The molecule has 0 radical (unpaired) electrons. The summed E-state index contributed by atoms with van der Waals surface area (Å²) < 4.78 is 0.528. The minimum Gasteiger partial charge on any atom is -0.354 e. The second-order valence-corrected chi connectivity index (χ2v) is 3.52. The zero-order chi connectivity index (χ0) is 10.1. The highest BCUT2D eigenvalue weighted by Gasteiger charge is 2.21. The molecule has 0 bridgehead atoms. The fourth-order valence-electron chi connectivity index (χ4n) is 1.16.